The minimum Gasteiger partial charge on any atom is -0.497 e. The summed E-state index contributed by atoms with van der Waals surface area (Å²) in [7, 11) is 3.34. The monoisotopic (exact) mass is 346 g/mol. The molecule has 2 fully saturated rings. The standard InChI is InChI=1S/C20H30N2O3/c1-19(2,3)22-13-16(20(18(22)23)8-10-21-11-9-20)15-7-6-14(24-4)12-17(15)25-5/h6-7,12,16,21H,8-11,13H2,1-5H3/t16-/m0/s1. The van der Waals surface area contributed by atoms with Gasteiger partial charge in [0.15, 0.2) is 0 Å². The lowest BCUT2D eigenvalue weighted by Crippen LogP contribution is -2.48. The molecular weight excluding hydrogens is 316 g/mol. The zero-order chi connectivity index (χ0) is 18.2. The lowest BCUT2D eigenvalue weighted by atomic mass is 9.68. The average Bonchev–Trinajstić information content (AvgIpc) is 2.87. The Morgan fingerprint density at radius 1 is 1.16 bits per heavy atom. The molecule has 1 N–H and O–H groups in total. The third kappa shape index (κ3) is 2.99. The van der Waals surface area contributed by atoms with Gasteiger partial charge in [0.1, 0.15) is 11.5 Å². The maximum absolute atomic E-state index is 13.5. The van der Waals surface area contributed by atoms with Crippen LogP contribution in [0.5, 0.6) is 11.5 Å². The Morgan fingerprint density at radius 3 is 2.40 bits per heavy atom. The van der Waals surface area contributed by atoms with Crippen molar-refractivity contribution in [2.24, 2.45) is 5.41 Å². The molecule has 2 heterocycles. The van der Waals surface area contributed by atoms with Crippen LogP contribution in [0.3, 0.4) is 0 Å². The molecular formula is C20H30N2O3. The van der Waals surface area contributed by atoms with Crippen LogP contribution in [0, 0.1) is 5.41 Å². The van der Waals surface area contributed by atoms with Gasteiger partial charge in [-0.25, -0.2) is 0 Å². The number of nitrogens with zero attached hydrogens (tertiary/aromatic N) is 1. The van der Waals surface area contributed by atoms with E-state index >= 15 is 0 Å². The minimum atomic E-state index is -0.333. The van der Waals surface area contributed by atoms with Gasteiger partial charge in [-0.2, -0.15) is 0 Å². The van der Waals surface area contributed by atoms with Crippen molar-refractivity contribution in [3.05, 3.63) is 23.8 Å². The van der Waals surface area contributed by atoms with Crippen LogP contribution in [-0.2, 0) is 4.79 Å². The van der Waals surface area contributed by atoms with Crippen molar-refractivity contribution in [1.82, 2.24) is 10.2 Å². The zero-order valence-electron chi connectivity index (χ0n) is 16.0. The zero-order valence-corrected chi connectivity index (χ0v) is 16.0. The van der Waals surface area contributed by atoms with Crippen LogP contribution in [0.2, 0.25) is 0 Å². The first kappa shape index (κ1) is 18.1. The minimum absolute atomic E-state index is 0.141. The topological polar surface area (TPSA) is 50.8 Å². The van der Waals surface area contributed by atoms with Gasteiger partial charge in [0.05, 0.1) is 19.6 Å². The molecule has 2 saturated heterocycles. The van der Waals surface area contributed by atoms with Gasteiger partial charge >= 0.3 is 0 Å². The fraction of sp³-hybridized carbons (Fsp3) is 0.650. The second-order valence-corrected chi connectivity index (χ2v) is 8.15. The SMILES string of the molecule is COc1ccc([C@@H]2CN(C(C)(C)C)C(=O)C23CCNCC3)c(OC)c1. The molecule has 3 rings (SSSR count). The van der Waals surface area contributed by atoms with Crippen LogP contribution in [0.4, 0.5) is 0 Å². The molecule has 0 saturated carbocycles. The highest BCUT2D eigenvalue weighted by molar-refractivity contribution is 5.87. The van der Waals surface area contributed by atoms with Crippen molar-refractivity contribution in [2.45, 2.75) is 45.1 Å². The van der Waals surface area contributed by atoms with E-state index in [0.717, 1.165) is 49.5 Å². The third-order valence-corrected chi connectivity index (χ3v) is 5.82. The number of benzene rings is 1. The molecule has 5 heteroatoms. The molecule has 0 unspecified atom stereocenters. The molecule has 5 nitrogen and oxygen atoms in total. The van der Waals surface area contributed by atoms with Crippen LogP contribution in [0.25, 0.3) is 0 Å². The fourth-order valence-electron chi connectivity index (χ4n) is 4.37. The molecule has 0 radical (unpaired) electrons. The summed E-state index contributed by atoms with van der Waals surface area (Å²) >= 11 is 0. The number of likely N-dealkylation sites (tertiary alicyclic amines) is 1. The number of carbonyl (C=O) groups excluding carboxylic acids is 1. The number of nitrogens with one attached hydrogen (secondary N) is 1. The summed E-state index contributed by atoms with van der Waals surface area (Å²) in [6, 6.07) is 5.97. The fourth-order valence-corrected chi connectivity index (χ4v) is 4.37. The lowest BCUT2D eigenvalue weighted by Gasteiger charge is -2.38. The van der Waals surface area contributed by atoms with Gasteiger partial charge in [0.25, 0.3) is 0 Å². The Bertz CT molecular complexity index is 645. The maximum Gasteiger partial charge on any atom is 0.230 e. The first-order valence-electron chi connectivity index (χ1n) is 9.08. The van der Waals surface area contributed by atoms with Crippen molar-refractivity contribution < 1.29 is 14.3 Å². The Balaban J connectivity index is 2.08. The van der Waals surface area contributed by atoms with Crippen molar-refractivity contribution in [3.63, 3.8) is 0 Å². The van der Waals surface area contributed by atoms with Crippen LogP contribution < -0.4 is 14.8 Å². The van der Waals surface area contributed by atoms with E-state index < -0.39 is 0 Å². The Kier molecular flexibility index (Phi) is 4.71. The second kappa shape index (κ2) is 6.52. The first-order valence-corrected chi connectivity index (χ1v) is 9.08. The van der Waals surface area contributed by atoms with E-state index in [1.54, 1.807) is 14.2 Å². The van der Waals surface area contributed by atoms with E-state index in [9.17, 15) is 4.79 Å². The highest BCUT2D eigenvalue weighted by Crippen LogP contribution is 2.53. The Labute approximate surface area is 150 Å². The van der Waals surface area contributed by atoms with Crippen LogP contribution in [-0.4, -0.2) is 50.2 Å². The summed E-state index contributed by atoms with van der Waals surface area (Å²) < 4.78 is 11.0. The van der Waals surface area contributed by atoms with Gasteiger partial charge in [0, 0.05) is 29.6 Å². The molecule has 1 aromatic carbocycles. The molecule has 0 aliphatic carbocycles. The lowest BCUT2D eigenvalue weighted by molar-refractivity contribution is -0.141. The molecule has 0 aromatic heterocycles. The molecule has 138 valence electrons. The van der Waals surface area contributed by atoms with Gasteiger partial charge in [-0.1, -0.05) is 6.07 Å². The summed E-state index contributed by atoms with van der Waals surface area (Å²) in [6.45, 7) is 8.87. The number of amides is 1. The van der Waals surface area contributed by atoms with Crippen LogP contribution in [0.15, 0.2) is 18.2 Å². The number of ether oxygens (including phenoxy) is 2. The van der Waals surface area contributed by atoms with Crippen LogP contribution in [0.1, 0.15) is 45.1 Å². The van der Waals surface area contributed by atoms with Gasteiger partial charge < -0.3 is 19.7 Å². The average molecular weight is 346 g/mol. The number of piperidine rings is 1. The Hall–Kier alpha value is -1.75. The molecule has 1 aromatic rings. The first-order chi connectivity index (χ1) is 11.8. The summed E-state index contributed by atoms with van der Waals surface area (Å²) in [4.78, 5) is 15.5. The number of methoxy groups -OCH3 is 2. The summed E-state index contributed by atoms with van der Waals surface area (Å²) in [6.07, 6.45) is 1.75. The van der Waals surface area contributed by atoms with E-state index in [0.29, 0.717) is 5.91 Å². The normalized spacial score (nSPS) is 23.2. The van der Waals surface area contributed by atoms with E-state index in [2.05, 4.69) is 37.1 Å². The van der Waals surface area contributed by atoms with Crippen molar-refractivity contribution in [1.29, 1.82) is 0 Å². The molecule has 1 spiro atoms. The number of hydrogen-bond acceptors (Lipinski definition) is 4. The highest BCUT2D eigenvalue weighted by Gasteiger charge is 2.56. The molecule has 1 amide bonds. The van der Waals surface area contributed by atoms with Gasteiger partial charge in [-0.05, 0) is 52.8 Å². The molecule has 25 heavy (non-hydrogen) atoms. The summed E-state index contributed by atoms with van der Waals surface area (Å²) in [5.74, 6) is 2.02. The second-order valence-electron chi connectivity index (χ2n) is 8.15. The van der Waals surface area contributed by atoms with Crippen LogP contribution >= 0.6 is 0 Å². The van der Waals surface area contributed by atoms with Gasteiger partial charge in [-0.15, -0.1) is 0 Å². The quantitative estimate of drug-likeness (QED) is 0.914. The number of hydrogen-bond donors (Lipinski definition) is 1. The Morgan fingerprint density at radius 2 is 1.84 bits per heavy atom. The van der Waals surface area contributed by atoms with E-state index in [1.165, 1.54) is 0 Å². The number of rotatable bonds is 3. The summed E-state index contributed by atoms with van der Waals surface area (Å²) in [5, 5.41) is 3.41. The highest BCUT2D eigenvalue weighted by atomic mass is 16.5. The van der Waals surface area contributed by atoms with E-state index in [-0.39, 0.29) is 16.9 Å². The predicted octanol–water partition coefficient (Wildman–Crippen LogP) is 2.80. The van der Waals surface area contributed by atoms with Gasteiger partial charge in [-0.3, -0.25) is 4.79 Å². The van der Waals surface area contributed by atoms with Crippen molar-refractivity contribution >= 4 is 5.91 Å². The van der Waals surface area contributed by atoms with Crippen molar-refractivity contribution in [2.75, 3.05) is 33.9 Å². The smallest absolute Gasteiger partial charge is 0.230 e. The van der Waals surface area contributed by atoms with Crippen molar-refractivity contribution in [3.8, 4) is 11.5 Å². The maximum atomic E-state index is 13.5. The largest absolute Gasteiger partial charge is 0.497 e. The van der Waals surface area contributed by atoms with Gasteiger partial charge in [0.2, 0.25) is 5.91 Å². The van der Waals surface area contributed by atoms with E-state index in [4.69, 9.17) is 9.47 Å². The predicted molar refractivity (Wildman–Crippen MR) is 98.3 cm³/mol. The third-order valence-electron chi connectivity index (χ3n) is 5.82. The molecule has 1 atom stereocenters. The molecule has 2 aliphatic rings. The number of carbonyl (C=O) groups is 1. The summed E-state index contributed by atoms with van der Waals surface area (Å²) in [5.41, 5.74) is 0.606. The molecule has 2 aliphatic heterocycles. The molecule has 0 bridgehead atoms. The van der Waals surface area contributed by atoms with E-state index in [1.807, 2.05) is 12.1 Å².